The molecule has 0 spiro atoms. The van der Waals surface area contributed by atoms with Gasteiger partial charge in [-0.3, -0.25) is 9.10 Å². The van der Waals surface area contributed by atoms with Gasteiger partial charge < -0.3 is 5.32 Å². The van der Waals surface area contributed by atoms with Gasteiger partial charge in [-0.15, -0.1) is 0 Å². The molecule has 1 amide bonds. The number of anilines is 1. The maximum atomic E-state index is 12.5. The van der Waals surface area contributed by atoms with Crippen molar-refractivity contribution in [2.45, 2.75) is 26.8 Å². The normalized spacial score (nSPS) is 12.5. The third-order valence-electron chi connectivity index (χ3n) is 4.08. The van der Waals surface area contributed by atoms with E-state index in [0.29, 0.717) is 0 Å². The Morgan fingerprint density at radius 2 is 1.85 bits per heavy atom. The monoisotopic (exact) mass is 394 g/mol. The summed E-state index contributed by atoms with van der Waals surface area (Å²) in [6, 6.07) is 12.3. The molecule has 2 aromatic rings. The molecule has 0 aliphatic carbocycles. The lowest BCUT2D eigenvalue weighted by Crippen LogP contribution is -2.41. The van der Waals surface area contributed by atoms with Gasteiger partial charge in [-0.05, 0) is 44.0 Å². The molecule has 26 heavy (non-hydrogen) atoms. The van der Waals surface area contributed by atoms with E-state index in [1.807, 2.05) is 39.0 Å². The number of para-hydroxylation sites is 1. The van der Waals surface area contributed by atoms with Gasteiger partial charge in [-0.1, -0.05) is 47.5 Å². The van der Waals surface area contributed by atoms with E-state index in [1.54, 1.807) is 24.3 Å². The number of hydrogen-bond donors (Lipinski definition) is 1. The third-order valence-corrected chi connectivity index (χ3v) is 5.52. The largest absolute Gasteiger partial charge is 0.348 e. The number of nitrogens with one attached hydrogen (secondary N) is 1. The summed E-state index contributed by atoms with van der Waals surface area (Å²) in [7, 11) is -3.66. The maximum absolute atomic E-state index is 12.5. The van der Waals surface area contributed by atoms with Crippen LogP contribution in [0, 0.1) is 13.8 Å². The molecular formula is C19H23ClN2O3S. The van der Waals surface area contributed by atoms with Crippen molar-refractivity contribution in [1.82, 2.24) is 5.32 Å². The second kappa shape index (κ2) is 8.10. The molecule has 5 nitrogen and oxygen atoms in total. The van der Waals surface area contributed by atoms with Crippen molar-refractivity contribution in [3.63, 3.8) is 0 Å². The number of benzene rings is 2. The van der Waals surface area contributed by atoms with Gasteiger partial charge in [-0.2, -0.15) is 0 Å². The van der Waals surface area contributed by atoms with Gasteiger partial charge in [0.15, 0.2) is 0 Å². The first-order valence-corrected chi connectivity index (χ1v) is 10.4. The fourth-order valence-corrected chi connectivity index (χ4v) is 4.00. The Kier molecular flexibility index (Phi) is 6.31. The number of carbonyl (C=O) groups is 1. The second-order valence-electron chi connectivity index (χ2n) is 6.37. The molecule has 0 radical (unpaired) electrons. The van der Waals surface area contributed by atoms with Crippen LogP contribution < -0.4 is 9.62 Å². The van der Waals surface area contributed by atoms with Crippen LogP contribution in [0.5, 0.6) is 0 Å². The van der Waals surface area contributed by atoms with Gasteiger partial charge in [-0.25, -0.2) is 8.42 Å². The molecule has 0 unspecified atom stereocenters. The van der Waals surface area contributed by atoms with Crippen molar-refractivity contribution in [3.8, 4) is 0 Å². The van der Waals surface area contributed by atoms with Crippen LogP contribution in [0.15, 0.2) is 42.5 Å². The average molecular weight is 395 g/mol. The summed E-state index contributed by atoms with van der Waals surface area (Å²) in [4.78, 5) is 12.5. The molecule has 1 atom stereocenters. The second-order valence-corrected chi connectivity index (χ2v) is 8.68. The molecule has 0 aromatic heterocycles. The van der Waals surface area contributed by atoms with E-state index < -0.39 is 15.9 Å². The van der Waals surface area contributed by atoms with Crippen molar-refractivity contribution < 1.29 is 13.2 Å². The maximum Gasteiger partial charge on any atom is 0.241 e. The first-order chi connectivity index (χ1) is 12.1. The summed E-state index contributed by atoms with van der Waals surface area (Å²) >= 11 is 6.11. The SMILES string of the molecule is Cc1ccc([C@@H](C)NC(=O)CN(c2ccccc2Cl)S(C)(=O)=O)c(C)c1. The molecule has 7 heteroatoms. The van der Waals surface area contributed by atoms with Crippen molar-refractivity contribution in [2.75, 3.05) is 17.1 Å². The lowest BCUT2D eigenvalue weighted by Gasteiger charge is -2.24. The zero-order chi connectivity index (χ0) is 19.5. The Balaban J connectivity index is 2.19. The van der Waals surface area contributed by atoms with Gasteiger partial charge in [0.1, 0.15) is 6.54 Å². The first kappa shape index (κ1) is 20.3. The molecule has 0 heterocycles. The summed E-state index contributed by atoms with van der Waals surface area (Å²) in [6.45, 7) is 5.53. The number of halogens is 1. The van der Waals surface area contributed by atoms with Crippen molar-refractivity contribution in [3.05, 3.63) is 64.2 Å². The molecular weight excluding hydrogens is 372 g/mol. The zero-order valence-electron chi connectivity index (χ0n) is 15.3. The Hall–Kier alpha value is -2.05. The molecule has 0 aliphatic rings. The van der Waals surface area contributed by atoms with Crippen LogP contribution in [0.3, 0.4) is 0 Å². The van der Waals surface area contributed by atoms with Crippen molar-refractivity contribution in [1.29, 1.82) is 0 Å². The predicted molar refractivity (Wildman–Crippen MR) is 106 cm³/mol. The van der Waals surface area contributed by atoms with E-state index >= 15 is 0 Å². The molecule has 2 aromatic carbocycles. The van der Waals surface area contributed by atoms with Crippen LogP contribution in [0.2, 0.25) is 5.02 Å². The highest BCUT2D eigenvalue weighted by atomic mass is 35.5. The lowest BCUT2D eigenvalue weighted by atomic mass is 10.0. The highest BCUT2D eigenvalue weighted by molar-refractivity contribution is 7.92. The number of aryl methyl sites for hydroxylation is 2. The number of nitrogens with zero attached hydrogens (tertiary/aromatic N) is 1. The van der Waals surface area contributed by atoms with Crippen LogP contribution >= 0.6 is 11.6 Å². The minimum Gasteiger partial charge on any atom is -0.348 e. The highest BCUT2D eigenvalue weighted by Gasteiger charge is 2.23. The van der Waals surface area contributed by atoms with E-state index in [2.05, 4.69) is 5.32 Å². The van der Waals surface area contributed by atoms with Crippen LogP contribution in [0.4, 0.5) is 5.69 Å². The molecule has 0 aliphatic heterocycles. The van der Waals surface area contributed by atoms with Gasteiger partial charge in [0, 0.05) is 0 Å². The van der Waals surface area contributed by atoms with Crippen LogP contribution in [-0.4, -0.2) is 27.1 Å². The fraction of sp³-hybridized carbons (Fsp3) is 0.316. The highest BCUT2D eigenvalue weighted by Crippen LogP contribution is 2.27. The lowest BCUT2D eigenvalue weighted by molar-refractivity contribution is -0.120. The molecule has 1 N–H and O–H groups in total. The zero-order valence-corrected chi connectivity index (χ0v) is 16.9. The quantitative estimate of drug-likeness (QED) is 0.813. The summed E-state index contributed by atoms with van der Waals surface area (Å²) in [5.74, 6) is -0.400. The van der Waals surface area contributed by atoms with Gasteiger partial charge in [0.05, 0.1) is 23.0 Å². The third kappa shape index (κ3) is 4.99. The van der Waals surface area contributed by atoms with Crippen molar-refractivity contribution >= 4 is 33.2 Å². The minimum absolute atomic E-state index is 0.240. The number of amides is 1. The fourth-order valence-electron chi connectivity index (χ4n) is 2.84. The van der Waals surface area contributed by atoms with Crippen LogP contribution in [-0.2, 0) is 14.8 Å². The minimum atomic E-state index is -3.66. The van der Waals surface area contributed by atoms with Gasteiger partial charge in [0.2, 0.25) is 15.9 Å². The topological polar surface area (TPSA) is 66.5 Å². The number of sulfonamides is 1. The van der Waals surface area contributed by atoms with Gasteiger partial charge >= 0.3 is 0 Å². The smallest absolute Gasteiger partial charge is 0.241 e. The first-order valence-electron chi connectivity index (χ1n) is 8.18. The molecule has 140 valence electrons. The van der Waals surface area contributed by atoms with E-state index in [-0.39, 0.29) is 23.3 Å². The molecule has 0 bridgehead atoms. The van der Waals surface area contributed by atoms with E-state index in [1.165, 1.54) is 0 Å². The Labute approximate surface area is 160 Å². The van der Waals surface area contributed by atoms with Crippen LogP contribution in [0.1, 0.15) is 29.7 Å². The summed E-state index contributed by atoms with van der Waals surface area (Å²) < 4.78 is 25.3. The summed E-state index contributed by atoms with van der Waals surface area (Å²) in [5, 5.41) is 3.13. The number of rotatable bonds is 6. The Morgan fingerprint density at radius 3 is 2.42 bits per heavy atom. The standard InChI is InChI=1S/C19H23ClN2O3S/c1-13-9-10-16(14(2)11-13)15(3)21-19(23)12-22(26(4,24)25)18-8-6-5-7-17(18)20/h5-11,15H,12H2,1-4H3,(H,21,23)/t15-/m1/s1. The number of carbonyl (C=O) groups excluding carboxylic acids is 1. The van der Waals surface area contributed by atoms with Crippen molar-refractivity contribution in [2.24, 2.45) is 0 Å². The number of hydrogen-bond acceptors (Lipinski definition) is 3. The van der Waals surface area contributed by atoms with Gasteiger partial charge in [0.25, 0.3) is 0 Å². The van der Waals surface area contributed by atoms with E-state index in [9.17, 15) is 13.2 Å². The summed E-state index contributed by atoms with van der Waals surface area (Å²) in [6.07, 6.45) is 1.05. The average Bonchev–Trinajstić information content (AvgIpc) is 2.52. The predicted octanol–water partition coefficient (Wildman–Crippen LogP) is 3.60. The van der Waals surface area contributed by atoms with E-state index in [4.69, 9.17) is 11.6 Å². The van der Waals surface area contributed by atoms with Crippen LogP contribution in [0.25, 0.3) is 0 Å². The molecule has 0 saturated carbocycles. The van der Waals surface area contributed by atoms with E-state index in [0.717, 1.165) is 27.3 Å². The summed E-state index contributed by atoms with van der Waals surface area (Å²) in [5.41, 5.74) is 3.49. The molecule has 0 saturated heterocycles. The molecule has 0 fully saturated rings. The Morgan fingerprint density at radius 1 is 1.19 bits per heavy atom. The Bertz CT molecular complexity index is 913. The molecule has 2 rings (SSSR count).